The normalized spacial score (nSPS) is 22.0. The molecule has 2 aromatic rings. The fourth-order valence-electron chi connectivity index (χ4n) is 3.67. The molecule has 27 heavy (non-hydrogen) atoms. The summed E-state index contributed by atoms with van der Waals surface area (Å²) in [6.45, 7) is 2.58. The van der Waals surface area contributed by atoms with E-state index in [1.165, 1.54) is 0 Å². The van der Waals surface area contributed by atoms with Gasteiger partial charge in [-0.2, -0.15) is 0 Å². The average molecular weight is 379 g/mol. The second-order valence-corrected chi connectivity index (χ2v) is 7.72. The summed E-state index contributed by atoms with van der Waals surface area (Å²) < 4.78 is 10.3. The Kier molecular flexibility index (Phi) is 4.48. The number of hydrogen-bond donors (Lipinski definition) is 0. The first-order chi connectivity index (χ1) is 13.1. The Morgan fingerprint density at radius 2 is 1.93 bits per heavy atom. The van der Waals surface area contributed by atoms with Crippen molar-refractivity contribution in [3.05, 3.63) is 70.6 Å². The lowest BCUT2D eigenvalue weighted by molar-refractivity contribution is -0.119. The Bertz CT molecular complexity index is 952. The molecule has 0 fully saturated rings. The molecular formula is C22H21NO3S. The monoisotopic (exact) mass is 379 g/mol. The second kappa shape index (κ2) is 6.82. The predicted molar refractivity (Wildman–Crippen MR) is 110 cm³/mol. The minimum Gasteiger partial charge on any atom is -0.497 e. The number of methoxy groups -OCH3 is 2. The lowest BCUT2D eigenvalue weighted by atomic mass is 9.97. The molecule has 0 saturated heterocycles. The summed E-state index contributed by atoms with van der Waals surface area (Å²) in [6.07, 6.45) is 6.13. The van der Waals surface area contributed by atoms with E-state index in [1.807, 2.05) is 54.3 Å². The molecule has 138 valence electrons. The first-order valence-corrected chi connectivity index (χ1v) is 9.68. The van der Waals surface area contributed by atoms with E-state index >= 15 is 0 Å². The number of fused-ring (bicyclic) bond motifs is 2. The van der Waals surface area contributed by atoms with Crippen molar-refractivity contribution in [2.24, 2.45) is 0 Å². The lowest BCUT2D eigenvalue weighted by Crippen LogP contribution is -2.35. The number of carbonyl (C=O) groups is 1. The molecule has 0 saturated carbocycles. The van der Waals surface area contributed by atoms with Gasteiger partial charge in [-0.15, -0.1) is 0 Å². The van der Waals surface area contributed by atoms with Gasteiger partial charge in [0.05, 0.1) is 19.9 Å². The van der Waals surface area contributed by atoms with E-state index in [1.54, 1.807) is 26.0 Å². The van der Waals surface area contributed by atoms with Crippen LogP contribution in [0, 0.1) is 0 Å². The minimum atomic E-state index is -0.788. The van der Waals surface area contributed by atoms with Crippen LogP contribution in [0.4, 0.5) is 5.69 Å². The maximum absolute atomic E-state index is 13.4. The van der Waals surface area contributed by atoms with Gasteiger partial charge >= 0.3 is 0 Å². The largest absolute Gasteiger partial charge is 0.497 e. The summed E-state index contributed by atoms with van der Waals surface area (Å²) in [5.41, 5.74) is 2.87. The highest BCUT2D eigenvalue weighted by atomic mass is 32.2. The first-order valence-electron chi connectivity index (χ1n) is 8.86. The van der Waals surface area contributed by atoms with Crippen LogP contribution in [-0.4, -0.2) is 26.7 Å². The van der Waals surface area contributed by atoms with Crippen LogP contribution >= 0.6 is 11.8 Å². The zero-order chi connectivity index (χ0) is 19.0. The number of rotatable bonds is 4. The minimum absolute atomic E-state index is 0.0595. The number of thioether (sulfide) groups is 1. The molecule has 0 radical (unpaired) electrons. The van der Waals surface area contributed by atoms with Crippen molar-refractivity contribution in [2.75, 3.05) is 25.7 Å². The van der Waals surface area contributed by atoms with Crippen LogP contribution < -0.4 is 14.4 Å². The summed E-state index contributed by atoms with van der Waals surface area (Å²) >= 11 is 1.57. The van der Waals surface area contributed by atoms with Crippen LogP contribution in [0.25, 0.3) is 6.08 Å². The Hall–Kier alpha value is -2.66. The van der Waals surface area contributed by atoms with Crippen molar-refractivity contribution < 1.29 is 14.3 Å². The van der Waals surface area contributed by atoms with Crippen molar-refractivity contribution >= 4 is 29.4 Å². The number of benzene rings is 2. The van der Waals surface area contributed by atoms with Gasteiger partial charge in [-0.25, -0.2) is 0 Å². The van der Waals surface area contributed by atoms with Gasteiger partial charge in [0.25, 0.3) is 5.91 Å². The maximum atomic E-state index is 13.4. The Labute approximate surface area is 163 Å². The quantitative estimate of drug-likeness (QED) is 0.778. The smallest absolute Gasteiger partial charge is 0.252 e. The van der Waals surface area contributed by atoms with E-state index in [4.69, 9.17) is 9.47 Å². The fraction of sp³-hybridized carbons (Fsp3) is 0.227. The van der Waals surface area contributed by atoms with Gasteiger partial charge in [0.1, 0.15) is 16.2 Å². The zero-order valence-corrected chi connectivity index (χ0v) is 16.4. The maximum Gasteiger partial charge on any atom is 0.252 e. The summed E-state index contributed by atoms with van der Waals surface area (Å²) in [4.78, 5) is 16.3. The molecule has 0 aromatic heterocycles. The van der Waals surface area contributed by atoms with Crippen LogP contribution in [0.15, 0.2) is 59.5 Å². The van der Waals surface area contributed by atoms with Gasteiger partial charge in [0, 0.05) is 29.1 Å². The van der Waals surface area contributed by atoms with E-state index in [0.29, 0.717) is 18.0 Å². The summed E-state index contributed by atoms with van der Waals surface area (Å²) in [7, 11) is 3.25. The van der Waals surface area contributed by atoms with Crippen molar-refractivity contribution in [1.82, 2.24) is 0 Å². The Morgan fingerprint density at radius 3 is 2.59 bits per heavy atom. The van der Waals surface area contributed by atoms with Gasteiger partial charge in [-0.1, -0.05) is 54.2 Å². The van der Waals surface area contributed by atoms with Crippen LogP contribution in [0.1, 0.15) is 18.1 Å². The molecule has 1 atom stereocenters. The molecule has 0 bridgehead atoms. The van der Waals surface area contributed by atoms with Crippen molar-refractivity contribution in [3.8, 4) is 11.5 Å². The van der Waals surface area contributed by atoms with Crippen LogP contribution in [0.5, 0.6) is 11.5 Å². The van der Waals surface area contributed by atoms with Crippen molar-refractivity contribution in [3.63, 3.8) is 0 Å². The Morgan fingerprint density at radius 1 is 1.15 bits per heavy atom. The van der Waals surface area contributed by atoms with E-state index in [9.17, 15) is 4.79 Å². The molecule has 1 spiro atoms. The predicted octanol–water partition coefficient (Wildman–Crippen LogP) is 4.61. The number of likely N-dealkylation sites (N-methyl/N-ethyl adjacent to an activating group) is 1. The Balaban J connectivity index is 1.83. The van der Waals surface area contributed by atoms with E-state index in [0.717, 1.165) is 21.7 Å². The van der Waals surface area contributed by atoms with E-state index < -0.39 is 4.75 Å². The molecule has 0 N–H and O–H groups in total. The number of carbonyl (C=O) groups excluding carboxylic acids is 1. The van der Waals surface area contributed by atoms with Gasteiger partial charge in [-0.3, -0.25) is 4.79 Å². The molecule has 1 unspecified atom stereocenters. The SMILES string of the molecule is CCN1C(=O)C2(C=C/C(=C/c3ccccc3)S2)c2c(OC)cc(OC)cc21. The van der Waals surface area contributed by atoms with E-state index in [-0.39, 0.29) is 5.91 Å². The molecule has 2 aromatic carbocycles. The highest BCUT2D eigenvalue weighted by Crippen LogP contribution is 2.59. The number of nitrogens with zero attached hydrogens (tertiary/aromatic N) is 1. The molecule has 4 rings (SSSR count). The molecule has 2 heterocycles. The van der Waals surface area contributed by atoms with Gasteiger partial charge in [-0.05, 0) is 18.6 Å². The summed E-state index contributed by atoms with van der Waals surface area (Å²) in [5.74, 6) is 1.41. The summed E-state index contributed by atoms with van der Waals surface area (Å²) in [5, 5.41) is 0. The number of ether oxygens (including phenoxy) is 2. The average Bonchev–Trinajstić information content (AvgIpc) is 3.22. The van der Waals surface area contributed by atoms with Gasteiger partial charge in [0.15, 0.2) is 0 Å². The van der Waals surface area contributed by atoms with Crippen LogP contribution in [-0.2, 0) is 9.54 Å². The standard InChI is InChI=1S/C22H21NO3S/c1-4-23-18-13-16(25-2)14-19(26-3)20(18)22(21(23)24)11-10-17(27-22)12-15-8-6-5-7-9-15/h5-14H,4H2,1-3H3/b17-12-. The molecule has 0 aliphatic carbocycles. The van der Waals surface area contributed by atoms with Crippen molar-refractivity contribution in [2.45, 2.75) is 11.7 Å². The number of allylic oxidation sites excluding steroid dienone is 1. The third kappa shape index (κ3) is 2.73. The topological polar surface area (TPSA) is 38.8 Å². The van der Waals surface area contributed by atoms with Gasteiger partial charge in [0.2, 0.25) is 0 Å². The number of amides is 1. The molecule has 1 amide bonds. The third-order valence-corrected chi connectivity index (χ3v) is 6.25. The van der Waals surface area contributed by atoms with Gasteiger partial charge < -0.3 is 14.4 Å². The molecule has 2 aliphatic heterocycles. The molecule has 5 heteroatoms. The highest BCUT2D eigenvalue weighted by Gasteiger charge is 2.54. The lowest BCUT2D eigenvalue weighted by Gasteiger charge is -2.21. The second-order valence-electron chi connectivity index (χ2n) is 6.40. The number of anilines is 1. The first kappa shape index (κ1) is 17.7. The fourth-order valence-corrected chi connectivity index (χ4v) is 5.01. The van der Waals surface area contributed by atoms with Crippen molar-refractivity contribution in [1.29, 1.82) is 0 Å². The van der Waals surface area contributed by atoms with Crippen LogP contribution in [0.2, 0.25) is 0 Å². The molecule has 4 nitrogen and oxygen atoms in total. The molecule has 2 aliphatic rings. The number of hydrogen-bond acceptors (Lipinski definition) is 4. The highest BCUT2D eigenvalue weighted by molar-refractivity contribution is 8.05. The molecular weight excluding hydrogens is 358 g/mol. The zero-order valence-electron chi connectivity index (χ0n) is 15.6. The summed E-state index contributed by atoms with van der Waals surface area (Å²) in [6, 6.07) is 13.9. The van der Waals surface area contributed by atoms with Crippen LogP contribution in [0.3, 0.4) is 0 Å². The van der Waals surface area contributed by atoms with E-state index in [2.05, 4.69) is 18.2 Å². The third-order valence-electron chi connectivity index (χ3n) is 4.92.